The summed E-state index contributed by atoms with van der Waals surface area (Å²) in [6.07, 6.45) is 0. The Bertz CT molecular complexity index is 1310. The van der Waals surface area contributed by atoms with E-state index in [2.05, 4.69) is 10.5 Å². The average Bonchev–Trinajstić information content (AvgIpc) is 3.22. The third-order valence-electron chi connectivity index (χ3n) is 5.80. The lowest BCUT2D eigenvalue weighted by atomic mass is 10.1. The van der Waals surface area contributed by atoms with Crippen LogP contribution in [0.15, 0.2) is 83.4 Å². The highest BCUT2D eigenvalue weighted by Gasteiger charge is 2.25. The summed E-state index contributed by atoms with van der Waals surface area (Å²) in [5.74, 6) is 0.0692. The lowest BCUT2D eigenvalue weighted by molar-refractivity contribution is 0.0728. The van der Waals surface area contributed by atoms with Gasteiger partial charge >= 0.3 is 0 Å². The van der Waals surface area contributed by atoms with Crippen LogP contribution in [0.5, 0.6) is 0 Å². The number of aryl methyl sites for hydroxylation is 2. The number of nitrogens with zero attached hydrogens (tertiary/aromatic N) is 2. The molecule has 1 heterocycles. The van der Waals surface area contributed by atoms with Crippen LogP contribution in [0.4, 0.5) is 5.69 Å². The van der Waals surface area contributed by atoms with Gasteiger partial charge in [0.1, 0.15) is 11.3 Å². The Balaban J connectivity index is 1.65. The Morgan fingerprint density at radius 2 is 1.63 bits per heavy atom. The van der Waals surface area contributed by atoms with Crippen molar-refractivity contribution in [3.63, 3.8) is 0 Å². The SMILES string of the molecule is Cc1noc(C)c1C(=O)N(Cc1cccc(CN)c1)Cc1ccccc1NC(=O)c1ccccc1. The molecule has 2 amide bonds. The van der Waals surface area contributed by atoms with E-state index >= 15 is 0 Å². The molecule has 1 aromatic heterocycles. The molecule has 0 radical (unpaired) electrons. The molecular formula is C28H28N4O3. The first-order valence-corrected chi connectivity index (χ1v) is 11.4. The van der Waals surface area contributed by atoms with Gasteiger partial charge in [-0.25, -0.2) is 0 Å². The third kappa shape index (κ3) is 5.65. The number of rotatable bonds is 8. The molecule has 0 aliphatic heterocycles. The molecule has 0 atom stereocenters. The zero-order valence-corrected chi connectivity index (χ0v) is 19.8. The summed E-state index contributed by atoms with van der Waals surface area (Å²) in [6.45, 7) is 4.54. The first kappa shape index (κ1) is 23.9. The number of anilines is 1. The van der Waals surface area contributed by atoms with Gasteiger partial charge in [0, 0.05) is 30.9 Å². The number of nitrogens with two attached hydrogens (primary N) is 1. The van der Waals surface area contributed by atoms with Gasteiger partial charge in [0.15, 0.2) is 0 Å². The number of benzene rings is 3. The molecule has 0 aliphatic rings. The molecule has 0 saturated heterocycles. The zero-order chi connectivity index (χ0) is 24.8. The molecule has 0 saturated carbocycles. The van der Waals surface area contributed by atoms with Crippen LogP contribution in [0.1, 0.15) is 48.9 Å². The minimum Gasteiger partial charge on any atom is -0.361 e. The summed E-state index contributed by atoms with van der Waals surface area (Å²) in [7, 11) is 0. The van der Waals surface area contributed by atoms with Crippen LogP contribution in [0.25, 0.3) is 0 Å². The minimum absolute atomic E-state index is 0.191. The van der Waals surface area contributed by atoms with E-state index in [4.69, 9.17) is 10.3 Å². The maximum absolute atomic E-state index is 13.7. The van der Waals surface area contributed by atoms with Crippen LogP contribution in [0, 0.1) is 13.8 Å². The van der Waals surface area contributed by atoms with Crippen molar-refractivity contribution < 1.29 is 14.1 Å². The Hall–Kier alpha value is -4.23. The molecule has 7 heteroatoms. The highest BCUT2D eigenvalue weighted by atomic mass is 16.5. The van der Waals surface area contributed by atoms with Crippen molar-refractivity contribution in [2.45, 2.75) is 33.5 Å². The molecule has 0 bridgehead atoms. The number of hydrogen-bond donors (Lipinski definition) is 2. The Morgan fingerprint density at radius 1 is 0.914 bits per heavy atom. The fraction of sp³-hybridized carbons (Fsp3) is 0.179. The van der Waals surface area contributed by atoms with Gasteiger partial charge in [-0.2, -0.15) is 0 Å². The monoisotopic (exact) mass is 468 g/mol. The number of aromatic nitrogens is 1. The van der Waals surface area contributed by atoms with Gasteiger partial charge in [-0.15, -0.1) is 0 Å². The number of amides is 2. The van der Waals surface area contributed by atoms with E-state index in [1.165, 1.54) is 0 Å². The fourth-order valence-corrected chi connectivity index (χ4v) is 3.99. The summed E-state index contributed by atoms with van der Waals surface area (Å²) in [5, 5.41) is 6.94. The lowest BCUT2D eigenvalue weighted by Gasteiger charge is -2.24. The molecular weight excluding hydrogens is 440 g/mol. The van der Waals surface area contributed by atoms with Gasteiger partial charge in [0.05, 0.1) is 5.69 Å². The summed E-state index contributed by atoms with van der Waals surface area (Å²) in [6, 6.07) is 24.4. The number of carbonyl (C=O) groups excluding carboxylic acids is 2. The predicted octanol–water partition coefficient (Wildman–Crippen LogP) is 4.85. The van der Waals surface area contributed by atoms with Crippen LogP contribution < -0.4 is 11.1 Å². The first-order chi connectivity index (χ1) is 17.0. The minimum atomic E-state index is -0.211. The maximum atomic E-state index is 13.7. The summed E-state index contributed by atoms with van der Waals surface area (Å²) >= 11 is 0. The Labute approximate surface area is 204 Å². The molecule has 3 N–H and O–H groups in total. The van der Waals surface area contributed by atoms with Crippen LogP contribution in [-0.4, -0.2) is 21.9 Å². The van der Waals surface area contributed by atoms with Gasteiger partial charge in [-0.05, 0) is 48.7 Å². The molecule has 0 aliphatic carbocycles. The second kappa shape index (κ2) is 10.8. The van der Waals surface area contributed by atoms with E-state index < -0.39 is 0 Å². The molecule has 0 spiro atoms. The summed E-state index contributed by atoms with van der Waals surface area (Å²) in [5.41, 5.74) is 10.8. The second-order valence-corrected chi connectivity index (χ2v) is 8.36. The van der Waals surface area contributed by atoms with E-state index in [1.807, 2.05) is 66.7 Å². The van der Waals surface area contributed by atoms with Crippen molar-refractivity contribution in [1.82, 2.24) is 10.1 Å². The van der Waals surface area contributed by atoms with Crippen molar-refractivity contribution in [3.8, 4) is 0 Å². The first-order valence-electron chi connectivity index (χ1n) is 11.4. The number of nitrogens with one attached hydrogen (secondary N) is 1. The molecule has 4 aromatic rings. The van der Waals surface area contributed by atoms with Gasteiger partial charge in [-0.3, -0.25) is 9.59 Å². The Morgan fingerprint density at radius 3 is 2.34 bits per heavy atom. The van der Waals surface area contributed by atoms with E-state index in [9.17, 15) is 9.59 Å². The van der Waals surface area contributed by atoms with Crippen LogP contribution in [-0.2, 0) is 19.6 Å². The van der Waals surface area contributed by atoms with Crippen LogP contribution in [0.3, 0.4) is 0 Å². The highest BCUT2D eigenvalue weighted by molar-refractivity contribution is 6.04. The van der Waals surface area contributed by atoms with Gasteiger partial charge < -0.3 is 20.5 Å². The number of carbonyl (C=O) groups is 2. The topological polar surface area (TPSA) is 101 Å². The molecule has 3 aromatic carbocycles. The second-order valence-electron chi connectivity index (χ2n) is 8.36. The van der Waals surface area contributed by atoms with E-state index in [0.717, 1.165) is 16.7 Å². The summed E-state index contributed by atoms with van der Waals surface area (Å²) in [4.78, 5) is 28.2. The van der Waals surface area contributed by atoms with Crippen molar-refractivity contribution >= 4 is 17.5 Å². The average molecular weight is 469 g/mol. The number of hydrogen-bond acceptors (Lipinski definition) is 5. The lowest BCUT2D eigenvalue weighted by Crippen LogP contribution is -2.31. The van der Waals surface area contributed by atoms with E-state index in [-0.39, 0.29) is 18.4 Å². The Kier molecular flexibility index (Phi) is 7.38. The number of para-hydroxylation sites is 1. The predicted molar refractivity (Wildman–Crippen MR) is 135 cm³/mol. The highest BCUT2D eigenvalue weighted by Crippen LogP contribution is 2.23. The van der Waals surface area contributed by atoms with Gasteiger partial charge in [0.2, 0.25) is 0 Å². The maximum Gasteiger partial charge on any atom is 0.259 e. The third-order valence-corrected chi connectivity index (χ3v) is 5.80. The normalized spacial score (nSPS) is 10.7. The van der Waals surface area contributed by atoms with Crippen molar-refractivity contribution in [2.24, 2.45) is 5.73 Å². The quantitative estimate of drug-likeness (QED) is 0.385. The van der Waals surface area contributed by atoms with Crippen LogP contribution >= 0.6 is 0 Å². The largest absolute Gasteiger partial charge is 0.361 e. The van der Waals surface area contributed by atoms with Crippen LogP contribution in [0.2, 0.25) is 0 Å². The molecule has 4 rings (SSSR count). The molecule has 7 nitrogen and oxygen atoms in total. The van der Waals surface area contributed by atoms with E-state index in [0.29, 0.717) is 41.4 Å². The van der Waals surface area contributed by atoms with Crippen molar-refractivity contribution in [3.05, 3.63) is 118 Å². The zero-order valence-electron chi connectivity index (χ0n) is 19.8. The fourth-order valence-electron chi connectivity index (χ4n) is 3.99. The van der Waals surface area contributed by atoms with Gasteiger partial charge in [0.25, 0.3) is 11.8 Å². The van der Waals surface area contributed by atoms with Crippen molar-refractivity contribution in [2.75, 3.05) is 5.32 Å². The standard InChI is InChI=1S/C28H28N4O3/c1-19-26(20(2)35-31-19)28(34)32(17-22-10-8-9-21(15-22)16-29)18-24-13-6-7-14-25(24)30-27(33)23-11-4-3-5-12-23/h3-15H,16-18,29H2,1-2H3,(H,30,33). The molecule has 0 fully saturated rings. The smallest absolute Gasteiger partial charge is 0.259 e. The molecule has 178 valence electrons. The summed E-state index contributed by atoms with van der Waals surface area (Å²) < 4.78 is 5.26. The molecule has 35 heavy (non-hydrogen) atoms. The van der Waals surface area contributed by atoms with Crippen molar-refractivity contribution in [1.29, 1.82) is 0 Å². The molecule has 0 unspecified atom stereocenters. The van der Waals surface area contributed by atoms with E-state index in [1.54, 1.807) is 30.9 Å². The van der Waals surface area contributed by atoms with Gasteiger partial charge in [-0.1, -0.05) is 65.8 Å².